The summed E-state index contributed by atoms with van der Waals surface area (Å²) < 4.78 is 0. The Bertz CT molecular complexity index is 180. The molecular formula is C10H21N3O. The van der Waals surface area contributed by atoms with Crippen LogP contribution in [0.1, 0.15) is 38.5 Å². The highest BCUT2D eigenvalue weighted by Gasteiger charge is 2.20. The van der Waals surface area contributed by atoms with Crippen molar-refractivity contribution in [1.82, 2.24) is 10.3 Å². The van der Waals surface area contributed by atoms with E-state index in [1.165, 1.54) is 19.3 Å². The number of hydrogen-bond acceptors (Lipinski definition) is 3. The van der Waals surface area contributed by atoms with Gasteiger partial charge in [0, 0.05) is 12.5 Å². The lowest BCUT2D eigenvalue weighted by Gasteiger charge is -2.34. The van der Waals surface area contributed by atoms with E-state index in [4.69, 9.17) is 5.84 Å². The third-order valence-corrected chi connectivity index (χ3v) is 3.02. The van der Waals surface area contributed by atoms with Gasteiger partial charge in [-0.3, -0.25) is 10.2 Å². The third kappa shape index (κ3) is 3.64. The summed E-state index contributed by atoms with van der Waals surface area (Å²) >= 11 is 0. The molecule has 4 nitrogen and oxygen atoms in total. The minimum atomic E-state index is -0.0590. The van der Waals surface area contributed by atoms with Crippen molar-refractivity contribution in [1.29, 1.82) is 0 Å². The molecule has 14 heavy (non-hydrogen) atoms. The molecule has 0 bridgehead atoms. The summed E-state index contributed by atoms with van der Waals surface area (Å²) in [6, 6.07) is 0.804. The molecule has 1 aliphatic carbocycles. The Morgan fingerprint density at radius 1 is 1.50 bits per heavy atom. The van der Waals surface area contributed by atoms with Gasteiger partial charge in [-0.15, -0.1) is 0 Å². The van der Waals surface area contributed by atoms with Gasteiger partial charge in [0.05, 0.1) is 0 Å². The van der Waals surface area contributed by atoms with Crippen LogP contribution in [0, 0.1) is 0 Å². The Kier molecular flexibility index (Phi) is 4.90. The summed E-state index contributed by atoms with van der Waals surface area (Å²) in [5.74, 6) is 4.92. The third-order valence-electron chi connectivity index (χ3n) is 3.02. The van der Waals surface area contributed by atoms with Gasteiger partial charge in [0.15, 0.2) is 0 Å². The molecule has 0 aromatic rings. The molecule has 0 aromatic heterocycles. The predicted molar refractivity (Wildman–Crippen MR) is 56.5 cm³/mol. The number of amides is 1. The number of carbonyl (C=O) groups excluding carboxylic acids is 1. The van der Waals surface area contributed by atoms with Crippen molar-refractivity contribution >= 4 is 5.91 Å². The van der Waals surface area contributed by atoms with Crippen LogP contribution in [0.3, 0.4) is 0 Å². The number of hydrazine groups is 1. The average molecular weight is 199 g/mol. The lowest BCUT2D eigenvalue weighted by Crippen LogP contribution is -2.37. The summed E-state index contributed by atoms with van der Waals surface area (Å²) in [4.78, 5) is 13.2. The van der Waals surface area contributed by atoms with Gasteiger partial charge in [-0.2, -0.15) is 0 Å². The zero-order valence-electron chi connectivity index (χ0n) is 8.96. The maximum absolute atomic E-state index is 10.8. The van der Waals surface area contributed by atoms with Crippen LogP contribution in [0.25, 0.3) is 0 Å². The molecule has 0 heterocycles. The Morgan fingerprint density at radius 3 is 2.71 bits per heavy atom. The highest BCUT2D eigenvalue weighted by atomic mass is 16.2. The Labute approximate surface area is 85.8 Å². The highest BCUT2D eigenvalue weighted by molar-refractivity contribution is 5.74. The maximum Gasteiger partial charge on any atom is 0.233 e. The van der Waals surface area contributed by atoms with Gasteiger partial charge in [0.2, 0.25) is 5.91 Å². The number of nitrogens with two attached hydrogens (primary N) is 1. The average Bonchev–Trinajstić information content (AvgIpc) is 2.09. The SMILES string of the molecule is CN(CCCCC(=O)NN)C1CCC1. The fraction of sp³-hybridized carbons (Fsp3) is 0.900. The van der Waals surface area contributed by atoms with Crippen molar-refractivity contribution in [2.45, 2.75) is 44.6 Å². The van der Waals surface area contributed by atoms with Gasteiger partial charge in [-0.05, 0) is 39.3 Å². The Hall–Kier alpha value is -0.610. The fourth-order valence-electron chi connectivity index (χ4n) is 1.73. The van der Waals surface area contributed by atoms with Crippen molar-refractivity contribution in [2.75, 3.05) is 13.6 Å². The zero-order valence-corrected chi connectivity index (χ0v) is 8.96. The molecule has 0 unspecified atom stereocenters. The molecule has 0 atom stereocenters. The van der Waals surface area contributed by atoms with Crippen LogP contribution in [0.4, 0.5) is 0 Å². The molecule has 1 rings (SSSR count). The summed E-state index contributed by atoms with van der Waals surface area (Å²) in [5.41, 5.74) is 2.15. The van der Waals surface area contributed by atoms with E-state index in [1.807, 2.05) is 0 Å². The molecule has 4 heteroatoms. The summed E-state index contributed by atoms with van der Waals surface area (Å²) in [6.45, 7) is 1.10. The van der Waals surface area contributed by atoms with Crippen LogP contribution < -0.4 is 11.3 Å². The van der Waals surface area contributed by atoms with Gasteiger partial charge < -0.3 is 4.90 Å². The normalized spacial score (nSPS) is 16.8. The summed E-state index contributed by atoms with van der Waals surface area (Å²) in [7, 11) is 2.17. The molecule has 0 radical (unpaired) electrons. The van der Waals surface area contributed by atoms with Crippen LogP contribution in [-0.4, -0.2) is 30.4 Å². The second-order valence-corrected chi connectivity index (χ2v) is 4.09. The predicted octanol–water partition coefficient (Wildman–Crippen LogP) is 0.631. The monoisotopic (exact) mass is 199 g/mol. The lowest BCUT2D eigenvalue weighted by molar-refractivity contribution is -0.121. The molecule has 0 spiro atoms. The summed E-state index contributed by atoms with van der Waals surface area (Å²) in [5, 5.41) is 0. The Morgan fingerprint density at radius 2 is 2.21 bits per heavy atom. The van der Waals surface area contributed by atoms with E-state index in [1.54, 1.807) is 0 Å². The van der Waals surface area contributed by atoms with E-state index in [0.717, 1.165) is 25.4 Å². The van der Waals surface area contributed by atoms with Crippen LogP contribution >= 0.6 is 0 Å². The van der Waals surface area contributed by atoms with Crippen LogP contribution in [0.15, 0.2) is 0 Å². The van der Waals surface area contributed by atoms with E-state index in [9.17, 15) is 4.79 Å². The highest BCUT2D eigenvalue weighted by Crippen LogP contribution is 2.23. The van der Waals surface area contributed by atoms with Gasteiger partial charge in [0.1, 0.15) is 0 Å². The topological polar surface area (TPSA) is 58.4 Å². The van der Waals surface area contributed by atoms with Gasteiger partial charge >= 0.3 is 0 Å². The largest absolute Gasteiger partial charge is 0.303 e. The van der Waals surface area contributed by atoms with Crippen molar-refractivity contribution in [3.05, 3.63) is 0 Å². The number of hydrogen-bond donors (Lipinski definition) is 2. The standard InChI is InChI=1S/C10H21N3O/c1-13(9-5-4-6-9)8-3-2-7-10(14)12-11/h9H,2-8,11H2,1H3,(H,12,14). The Balaban J connectivity index is 1.94. The van der Waals surface area contributed by atoms with E-state index in [0.29, 0.717) is 6.42 Å². The molecule has 3 N–H and O–H groups in total. The molecule has 1 saturated carbocycles. The van der Waals surface area contributed by atoms with Gasteiger partial charge in [-0.25, -0.2) is 5.84 Å². The molecule has 82 valence electrons. The second-order valence-electron chi connectivity index (χ2n) is 4.09. The molecule has 1 amide bonds. The molecule has 1 aliphatic rings. The molecule has 0 saturated heterocycles. The smallest absolute Gasteiger partial charge is 0.233 e. The van der Waals surface area contributed by atoms with Gasteiger partial charge in [-0.1, -0.05) is 6.42 Å². The van der Waals surface area contributed by atoms with E-state index in [2.05, 4.69) is 17.4 Å². The number of unbranched alkanes of at least 4 members (excludes halogenated alkanes) is 1. The lowest BCUT2D eigenvalue weighted by atomic mass is 9.92. The zero-order chi connectivity index (χ0) is 10.4. The first-order valence-electron chi connectivity index (χ1n) is 5.43. The number of nitrogens with one attached hydrogen (secondary N) is 1. The first-order chi connectivity index (χ1) is 6.74. The minimum Gasteiger partial charge on any atom is -0.303 e. The molecule has 0 aliphatic heterocycles. The molecule has 0 aromatic carbocycles. The maximum atomic E-state index is 10.8. The summed E-state index contributed by atoms with van der Waals surface area (Å²) in [6.07, 6.45) is 6.64. The van der Waals surface area contributed by atoms with E-state index >= 15 is 0 Å². The molecule has 1 fully saturated rings. The van der Waals surface area contributed by atoms with Crippen molar-refractivity contribution in [2.24, 2.45) is 5.84 Å². The fourth-order valence-corrected chi connectivity index (χ4v) is 1.73. The van der Waals surface area contributed by atoms with E-state index < -0.39 is 0 Å². The van der Waals surface area contributed by atoms with Crippen molar-refractivity contribution in [3.63, 3.8) is 0 Å². The quantitative estimate of drug-likeness (QED) is 0.285. The van der Waals surface area contributed by atoms with Crippen LogP contribution in [0.5, 0.6) is 0 Å². The van der Waals surface area contributed by atoms with Gasteiger partial charge in [0.25, 0.3) is 0 Å². The van der Waals surface area contributed by atoms with Crippen molar-refractivity contribution in [3.8, 4) is 0 Å². The first kappa shape index (κ1) is 11.5. The van der Waals surface area contributed by atoms with Crippen molar-refractivity contribution < 1.29 is 4.79 Å². The first-order valence-corrected chi connectivity index (χ1v) is 5.43. The number of carbonyl (C=O) groups is 1. The van der Waals surface area contributed by atoms with Crippen LogP contribution in [0.2, 0.25) is 0 Å². The minimum absolute atomic E-state index is 0.0590. The number of nitrogens with zero attached hydrogens (tertiary/aromatic N) is 1. The van der Waals surface area contributed by atoms with Crippen LogP contribution in [-0.2, 0) is 4.79 Å². The van der Waals surface area contributed by atoms with E-state index in [-0.39, 0.29) is 5.91 Å². The second kappa shape index (κ2) is 5.98. The molecular weight excluding hydrogens is 178 g/mol. The number of rotatable bonds is 6.